The standard InChI is InChI=1S/C17H23N5O2S/c23-16(14-6-10-22(21-14)13-4-1-7-18-12-13)19-8-3-9-20-17(24)15-5-2-11-25-15/h2,5-6,10-11,13,18H,1,3-4,7-9,12H2,(H,19,23)(H,20,24). The van der Waals surface area contributed by atoms with Gasteiger partial charge in [0, 0.05) is 25.8 Å². The molecule has 0 saturated carbocycles. The highest BCUT2D eigenvalue weighted by Gasteiger charge is 2.17. The van der Waals surface area contributed by atoms with Gasteiger partial charge in [0.1, 0.15) is 5.69 Å². The van der Waals surface area contributed by atoms with E-state index >= 15 is 0 Å². The predicted octanol–water partition coefficient (Wildman–Crippen LogP) is 1.42. The van der Waals surface area contributed by atoms with Crippen LogP contribution >= 0.6 is 11.3 Å². The molecule has 134 valence electrons. The summed E-state index contributed by atoms with van der Waals surface area (Å²) in [4.78, 5) is 24.6. The number of carbonyl (C=O) groups excluding carboxylic acids is 2. The molecule has 1 aliphatic rings. The summed E-state index contributed by atoms with van der Waals surface area (Å²) in [6.45, 7) is 2.97. The molecular formula is C17H23N5O2S. The Bertz CT molecular complexity index is 692. The minimum atomic E-state index is -0.174. The number of rotatable bonds is 7. The number of thiophene rings is 1. The molecule has 8 heteroatoms. The van der Waals surface area contributed by atoms with Crippen LogP contribution in [0.2, 0.25) is 0 Å². The van der Waals surface area contributed by atoms with Gasteiger partial charge in [-0.1, -0.05) is 6.07 Å². The molecule has 0 bridgehead atoms. The van der Waals surface area contributed by atoms with E-state index in [1.165, 1.54) is 11.3 Å². The van der Waals surface area contributed by atoms with Crippen LogP contribution in [0.15, 0.2) is 29.8 Å². The second-order valence-corrected chi connectivity index (χ2v) is 6.97. The van der Waals surface area contributed by atoms with Crippen molar-refractivity contribution in [3.8, 4) is 0 Å². The molecule has 0 aliphatic carbocycles. The van der Waals surface area contributed by atoms with E-state index in [0.717, 1.165) is 25.9 Å². The number of carbonyl (C=O) groups is 2. The number of amides is 2. The molecule has 1 unspecified atom stereocenters. The lowest BCUT2D eigenvalue weighted by molar-refractivity contribution is 0.0946. The van der Waals surface area contributed by atoms with Gasteiger partial charge in [-0.3, -0.25) is 14.3 Å². The third-order valence-electron chi connectivity index (χ3n) is 4.16. The van der Waals surface area contributed by atoms with E-state index in [9.17, 15) is 9.59 Å². The summed E-state index contributed by atoms with van der Waals surface area (Å²) in [6.07, 6.45) is 4.76. The zero-order chi connectivity index (χ0) is 17.5. The van der Waals surface area contributed by atoms with E-state index in [1.807, 2.05) is 22.3 Å². The summed E-state index contributed by atoms with van der Waals surface area (Å²) < 4.78 is 1.88. The van der Waals surface area contributed by atoms with Gasteiger partial charge in [-0.15, -0.1) is 11.3 Å². The molecule has 2 aromatic rings. The lowest BCUT2D eigenvalue weighted by atomic mass is 10.1. The second kappa shape index (κ2) is 8.77. The minimum Gasteiger partial charge on any atom is -0.351 e. The minimum absolute atomic E-state index is 0.0684. The van der Waals surface area contributed by atoms with Gasteiger partial charge in [0.2, 0.25) is 0 Å². The highest BCUT2D eigenvalue weighted by atomic mass is 32.1. The topological polar surface area (TPSA) is 88.0 Å². The average Bonchev–Trinajstić information content (AvgIpc) is 3.34. The molecule has 1 fully saturated rings. The summed E-state index contributed by atoms with van der Waals surface area (Å²) in [6, 6.07) is 5.72. The van der Waals surface area contributed by atoms with E-state index in [1.54, 1.807) is 12.1 Å². The van der Waals surface area contributed by atoms with Crippen LogP contribution in [0.4, 0.5) is 0 Å². The Kier molecular flexibility index (Phi) is 6.19. The molecule has 0 spiro atoms. The summed E-state index contributed by atoms with van der Waals surface area (Å²) in [7, 11) is 0. The number of nitrogens with zero attached hydrogens (tertiary/aromatic N) is 2. The fourth-order valence-electron chi connectivity index (χ4n) is 2.80. The van der Waals surface area contributed by atoms with Crippen molar-refractivity contribution in [2.75, 3.05) is 26.2 Å². The molecular weight excluding hydrogens is 338 g/mol. The number of piperidine rings is 1. The van der Waals surface area contributed by atoms with Crippen molar-refractivity contribution in [2.24, 2.45) is 0 Å². The Morgan fingerprint density at radius 2 is 2.12 bits per heavy atom. The first-order valence-corrected chi connectivity index (χ1v) is 9.48. The van der Waals surface area contributed by atoms with Gasteiger partial charge < -0.3 is 16.0 Å². The largest absolute Gasteiger partial charge is 0.351 e. The summed E-state index contributed by atoms with van der Waals surface area (Å²) in [5, 5.41) is 15.3. The molecule has 7 nitrogen and oxygen atoms in total. The lowest BCUT2D eigenvalue weighted by Crippen LogP contribution is -2.32. The smallest absolute Gasteiger partial charge is 0.271 e. The number of hydrogen-bond donors (Lipinski definition) is 3. The van der Waals surface area contributed by atoms with E-state index in [0.29, 0.717) is 36.1 Å². The Balaban J connectivity index is 1.36. The van der Waals surface area contributed by atoms with Crippen LogP contribution < -0.4 is 16.0 Å². The van der Waals surface area contributed by atoms with E-state index < -0.39 is 0 Å². The SMILES string of the molecule is O=C(NCCCNC(=O)c1cccs1)c1ccn(C2CCCNC2)n1. The Morgan fingerprint density at radius 1 is 1.28 bits per heavy atom. The lowest BCUT2D eigenvalue weighted by Gasteiger charge is -2.22. The van der Waals surface area contributed by atoms with Crippen molar-refractivity contribution in [1.82, 2.24) is 25.7 Å². The van der Waals surface area contributed by atoms with Crippen LogP contribution in [0.25, 0.3) is 0 Å². The number of hydrogen-bond acceptors (Lipinski definition) is 5. The highest BCUT2D eigenvalue weighted by molar-refractivity contribution is 7.12. The van der Waals surface area contributed by atoms with Gasteiger partial charge in [0.25, 0.3) is 11.8 Å². The van der Waals surface area contributed by atoms with Crippen molar-refractivity contribution in [3.63, 3.8) is 0 Å². The maximum Gasteiger partial charge on any atom is 0.271 e. The summed E-state index contributed by atoms with van der Waals surface area (Å²) >= 11 is 1.41. The molecule has 3 rings (SSSR count). The Hall–Kier alpha value is -2.19. The zero-order valence-electron chi connectivity index (χ0n) is 14.0. The van der Waals surface area contributed by atoms with E-state index in [2.05, 4.69) is 21.0 Å². The molecule has 0 radical (unpaired) electrons. The fraction of sp³-hybridized carbons (Fsp3) is 0.471. The third kappa shape index (κ3) is 4.90. The highest BCUT2D eigenvalue weighted by Crippen LogP contribution is 2.15. The molecule has 3 N–H and O–H groups in total. The fourth-order valence-corrected chi connectivity index (χ4v) is 3.44. The van der Waals surface area contributed by atoms with Crippen LogP contribution in [-0.4, -0.2) is 47.8 Å². The monoisotopic (exact) mass is 361 g/mol. The van der Waals surface area contributed by atoms with E-state index in [4.69, 9.17) is 0 Å². The number of nitrogens with one attached hydrogen (secondary N) is 3. The first-order chi connectivity index (χ1) is 12.2. The molecule has 1 atom stereocenters. The summed E-state index contributed by atoms with van der Waals surface area (Å²) in [5.41, 5.74) is 0.438. The maximum absolute atomic E-state index is 12.1. The molecule has 1 aliphatic heterocycles. The van der Waals surface area contributed by atoms with E-state index in [-0.39, 0.29) is 11.8 Å². The van der Waals surface area contributed by atoms with Gasteiger partial charge >= 0.3 is 0 Å². The number of aromatic nitrogens is 2. The molecule has 3 heterocycles. The quantitative estimate of drug-likeness (QED) is 0.651. The summed E-state index contributed by atoms with van der Waals surface area (Å²) in [5.74, 6) is -0.242. The Labute approximate surface area is 150 Å². The molecule has 2 amide bonds. The third-order valence-corrected chi connectivity index (χ3v) is 5.02. The molecule has 1 saturated heterocycles. The van der Waals surface area contributed by atoms with Gasteiger partial charge in [0.05, 0.1) is 10.9 Å². The molecule has 2 aromatic heterocycles. The first kappa shape index (κ1) is 17.6. The normalized spacial score (nSPS) is 17.2. The molecule has 25 heavy (non-hydrogen) atoms. The molecule has 0 aromatic carbocycles. The van der Waals surface area contributed by atoms with Crippen molar-refractivity contribution in [3.05, 3.63) is 40.3 Å². The first-order valence-electron chi connectivity index (χ1n) is 8.60. The van der Waals surface area contributed by atoms with Crippen LogP contribution in [0, 0.1) is 0 Å². The average molecular weight is 361 g/mol. The van der Waals surface area contributed by atoms with Crippen LogP contribution in [0.1, 0.15) is 45.5 Å². The van der Waals surface area contributed by atoms with Crippen molar-refractivity contribution in [2.45, 2.75) is 25.3 Å². The van der Waals surface area contributed by atoms with Crippen LogP contribution in [0.3, 0.4) is 0 Å². The predicted molar refractivity (Wildman–Crippen MR) is 97.0 cm³/mol. The zero-order valence-corrected chi connectivity index (χ0v) is 14.8. The maximum atomic E-state index is 12.1. The van der Waals surface area contributed by atoms with Gasteiger partial charge in [-0.2, -0.15) is 5.10 Å². The van der Waals surface area contributed by atoms with Crippen molar-refractivity contribution >= 4 is 23.2 Å². The Morgan fingerprint density at radius 3 is 2.84 bits per heavy atom. The van der Waals surface area contributed by atoms with Crippen molar-refractivity contribution < 1.29 is 9.59 Å². The van der Waals surface area contributed by atoms with Crippen molar-refractivity contribution in [1.29, 1.82) is 0 Å². The van der Waals surface area contributed by atoms with Gasteiger partial charge in [0.15, 0.2) is 0 Å². The second-order valence-electron chi connectivity index (χ2n) is 6.02. The van der Waals surface area contributed by atoms with Crippen LogP contribution in [0.5, 0.6) is 0 Å². The van der Waals surface area contributed by atoms with Crippen LogP contribution in [-0.2, 0) is 0 Å². The van der Waals surface area contributed by atoms with Gasteiger partial charge in [-0.25, -0.2) is 0 Å². The van der Waals surface area contributed by atoms with Gasteiger partial charge in [-0.05, 0) is 43.3 Å².